The number of hydrogen-bond acceptors (Lipinski definition) is 3. The zero-order valence-electron chi connectivity index (χ0n) is 14.1. The summed E-state index contributed by atoms with van der Waals surface area (Å²) in [5.74, 6) is -0.118. The van der Waals surface area contributed by atoms with E-state index in [2.05, 4.69) is 22.2 Å². The van der Waals surface area contributed by atoms with Gasteiger partial charge in [-0.1, -0.05) is 29.3 Å². The molecule has 0 aromatic heterocycles. The second-order valence-corrected chi connectivity index (χ2v) is 6.71. The van der Waals surface area contributed by atoms with Gasteiger partial charge in [0.1, 0.15) is 0 Å². The molecule has 0 unspecified atom stereocenters. The van der Waals surface area contributed by atoms with Crippen LogP contribution in [0.1, 0.15) is 15.9 Å². The SMILES string of the molecule is Cc1ccc(C(=O)Nc2cc(Cl)ccc2N2CCN(C)CC2)cc1. The van der Waals surface area contributed by atoms with Crippen molar-refractivity contribution in [3.8, 4) is 0 Å². The van der Waals surface area contributed by atoms with Crippen LogP contribution in [0, 0.1) is 6.92 Å². The standard InChI is InChI=1S/C19H22ClN3O/c1-14-3-5-15(6-4-14)19(24)21-17-13-16(20)7-8-18(17)23-11-9-22(2)10-12-23/h3-8,13H,9-12H2,1-2H3,(H,21,24). The molecule has 5 heteroatoms. The summed E-state index contributed by atoms with van der Waals surface area (Å²) in [6, 6.07) is 13.2. The van der Waals surface area contributed by atoms with E-state index in [-0.39, 0.29) is 5.91 Å². The fourth-order valence-corrected chi connectivity index (χ4v) is 3.00. The Hall–Kier alpha value is -2.04. The van der Waals surface area contributed by atoms with Crippen LogP contribution in [-0.2, 0) is 0 Å². The number of aryl methyl sites for hydroxylation is 1. The number of amides is 1. The molecule has 0 aliphatic carbocycles. The molecule has 0 bridgehead atoms. The minimum Gasteiger partial charge on any atom is -0.367 e. The average Bonchev–Trinajstić information content (AvgIpc) is 2.57. The minimum absolute atomic E-state index is 0.118. The van der Waals surface area contributed by atoms with E-state index in [1.54, 1.807) is 0 Å². The van der Waals surface area contributed by atoms with Crippen molar-refractivity contribution in [2.45, 2.75) is 6.92 Å². The van der Waals surface area contributed by atoms with Crippen LogP contribution < -0.4 is 10.2 Å². The zero-order chi connectivity index (χ0) is 17.1. The lowest BCUT2D eigenvalue weighted by atomic mass is 10.1. The predicted molar refractivity (Wildman–Crippen MR) is 100 cm³/mol. The number of halogens is 1. The van der Waals surface area contributed by atoms with Gasteiger partial charge in [-0.15, -0.1) is 0 Å². The monoisotopic (exact) mass is 343 g/mol. The number of hydrogen-bond donors (Lipinski definition) is 1. The van der Waals surface area contributed by atoms with E-state index in [0.717, 1.165) is 43.1 Å². The third-order valence-corrected chi connectivity index (χ3v) is 4.60. The fourth-order valence-electron chi connectivity index (χ4n) is 2.83. The molecule has 1 amide bonds. The van der Waals surface area contributed by atoms with Gasteiger partial charge in [0.05, 0.1) is 11.4 Å². The Bertz CT molecular complexity index is 722. The van der Waals surface area contributed by atoms with Gasteiger partial charge >= 0.3 is 0 Å². The van der Waals surface area contributed by atoms with Gasteiger partial charge in [-0.3, -0.25) is 4.79 Å². The van der Waals surface area contributed by atoms with Crippen molar-refractivity contribution in [3.63, 3.8) is 0 Å². The van der Waals surface area contributed by atoms with Crippen molar-refractivity contribution in [3.05, 3.63) is 58.6 Å². The Kier molecular flexibility index (Phi) is 5.07. The van der Waals surface area contributed by atoms with E-state index in [4.69, 9.17) is 11.6 Å². The Labute approximate surface area is 148 Å². The van der Waals surface area contributed by atoms with Gasteiger partial charge in [-0.25, -0.2) is 0 Å². The van der Waals surface area contributed by atoms with Crippen LogP contribution in [0.15, 0.2) is 42.5 Å². The highest BCUT2D eigenvalue weighted by Crippen LogP contribution is 2.30. The van der Waals surface area contributed by atoms with Crippen LogP contribution in [0.25, 0.3) is 0 Å². The van der Waals surface area contributed by atoms with Gasteiger partial charge < -0.3 is 15.1 Å². The van der Waals surface area contributed by atoms with Gasteiger partial charge in [0.25, 0.3) is 5.91 Å². The van der Waals surface area contributed by atoms with E-state index in [1.165, 1.54) is 0 Å². The number of nitrogens with zero attached hydrogens (tertiary/aromatic N) is 2. The van der Waals surface area contributed by atoms with E-state index < -0.39 is 0 Å². The molecule has 1 saturated heterocycles. The van der Waals surface area contributed by atoms with Gasteiger partial charge in [0, 0.05) is 36.8 Å². The largest absolute Gasteiger partial charge is 0.367 e. The van der Waals surface area contributed by atoms with Gasteiger partial charge in [-0.2, -0.15) is 0 Å². The summed E-state index contributed by atoms with van der Waals surface area (Å²) >= 11 is 6.15. The van der Waals surface area contributed by atoms with Crippen LogP contribution in [-0.4, -0.2) is 44.0 Å². The average molecular weight is 344 g/mol. The second-order valence-electron chi connectivity index (χ2n) is 6.27. The highest BCUT2D eigenvalue weighted by Gasteiger charge is 2.18. The zero-order valence-corrected chi connectivity index (χ0v) is 14.8. The van der Waals surface area contributed by atoms with Crippen LogP contribution in [0.3, 0.4) is 0 Å². The number of carbonyl (C=O) groups excluding carboxylic acids is 1. The first-order chi connectivity index (χ1) is 11.5. The Morgan fingerprint density at radius 2 is 1.71 bits per heavy atom. The molecule has 1 N–H and O–H groups in total. The Morgan fingerprint density at radius 1 is 1.04 bits per heavy atom. The molecule has 0 spiro atoms. The first-order valence-electron chi connectivity index (χ1n) is 8.14. The number of nitrogens with one attached hydrogen (secondary N) is 1. The number of piperazine rings is 1. The molecule has 1 fully saturated rings. The second kappa shape index (κ2) is 7.24. The van der Waals surface area contributed by atoms with E-state index >= 15 is 0 Å². The molecule has 1 aliphatic rings. The van der Waals surface area contributed by atoms with Gasteiger partial charge in [0.2, 0.25) is 0 Å². The molecule has 4 nitrogen and oxygen atoms in total. The summed E-state index contributed by atoms with van der Waals surface area (Å²) in [5.41, 5.74) is 3.56. The lowest BCUT2D eigenvalue weighted by Gasteiger charge is -2.35. The van der Waals surface area contributed by atoms with Gasteiger partial charge in [0.15, 0.2) is 0 Å². The first-order valence-corrected chi connectivity index (χ1v) is 8.52. The van der Waals surface area contributed by atoms with Crippen molar-refractivity contribution in [2.75, 3.05) is 43.4 Å². The topological polar surface area (TPSA) is 35.6 Å². The highest BCUT2D eigenvalue weighted by molar-refractivity contribution is 6.31. The number of anilines is 2. The maximum Gasteiger partial charge on any atom is 0.255 e. The smallest absolute Gasteiger partial charge is 0.255 e. The van der Waals surface area contributed by atoms with Crippen LogP contribution >= 0.6 is 11.6 Å². The molecule has 0 radical (unpaired) electrons. The Morgan fingerprint density at radius 3 is 2.38 bits per heavy atom. The number of likely N-dealkylation sites (N-methyl/N-ethyl adjacent to an activating group) is 1. The highest BCUT2D eigenvalue weighted by atomic mass is 35.5. The lowest BCUT2D eigenvalue weighted by molar-refractivity contribution is 0.102. The van der Waals surface area contributed by atoms with Crippen LogP contribution in [0.2, 0.25) is 5.02 Å². The molecule has 0 saturated carbocycles. The van der Waals surface area contributed by atoms with Crippen LogP contribution in [0.5, 0.6) is 0 Å². The summed E-state index contributed by atoms with van der Waals surface area (Å²) in [6.45, 7) is 5.89. The van der Waals surface area contributed by atoms with Crippen molar-refractivity contribution in [2.24, 2.45) is 0 Å². The van der Waals surface area contributed by atoms with Crippen LogP contribution in [0.4, 0.5) is 11.4 Å². The lowest BCUT2D eigenvalue weighted by Crippen LogP contribution is -2.44. The molecule has 0 atom stereocenters. The third kappa shape index (κ3) is 3.89. The van der Waals surface area contributed by atoms with Crippen molar-refractivity contribution >= 4 is 28.9 Å². The van der Waals surface area contributed by atoms with E-state index in [9.17, 15) is 4.79 Å². The molecule has 126 valence electrons. The minimum atomic E-state index is -0.118. The van der Waals surface area contributed by atoms with Crippen molar-refractivity contribution < 1.29 is 4.79 Å². The summed E-state index contributed by atoms with van der Waals surface area (Å²) < 4.78 is 0. The molecule has 1 aliphatic heterocycles. The molecule has 2 aromatic rings. The molecule has 24 heavy (non-hydrogen) atoms. The Balaban J connectivity index is 1.82. The number of rotatable bonds is 3. The summed E-state index contributed by atoms with van der Waals surface area (Å²) in [4.78, 5) is 17.1. The van der Waals surface area contributed by atoms with E-state index in [0.29, 0.717) is 10.6 Å². The van der Waals surface area contributed by atoms with Gasteiger partial charge in [-0.05, 0) is 44.3 Å². The molecular formula is C19H22ClN3O. The maximum atomic E-state index is 12.5. The molecular weight excluding hydrogens is 322 g/mol. The van der Waals surface area contributed by atoms with Crippen molar-refractivity contribution in [1.29, 1.82) is 0 Å². The van der Waals surface area contributed by atoms with E-state index in [1.807, 2.05) is 49.4 Å². The normalized spacial score (nSPS) is 15.4. The quantitative estimate of drug-likeness (QED) is 0.924. The maximum absolute atomic E-state index is 12.5. The number of benzene rings is 2. The molecule has 2 aromatic carbocycles. The first kappa shape index (κ1) is 16.8. The summed E-state index contributed by atoms with van der Waals surface area (Å²) in [6.07, 6.45) is 0. The molecule has 3 rings (SSSR count). The summed E-state index contributed by atoms with van der Waals surface area (Å²) in [5, 5.41) is 3.63. The van der Waals surface area contributed by atoms with Crippen molar-refractivity contribution in [1.82, 2.24) is 4.90 Å². The third-order valence-electron chi connectivity index (χ3n) is 4.36. The molecule has 1 heterocycles. The fraction of sp³-hybridized carbons (Fsp3) is 0.316. The number of carbonyl (C=O) groups is 1. The summed E-state index contributed by atoms with van der Waals surface area (Å²) in [7, 11) is 2.12. The predicted octanol–water partition coefficient (Wildman–Crippen LogP) is 3.65.